The first-order valence-electron chi connectivity index (χ1n) is 8.61. The average molecular weight is 361 g/mol. The van der Waals surface area contributed by atoms with Gasteiger partial charge in [-0.15, -0.1) is 11.8 Å². The number of carbonyl (C=O) groups is 2. The number of amides is 1. The van der Waals surface area contributed by atoms with Gasteiger partial charge in [0.15, 0.2) is 0 Å². The second kappa shape index (κ2) is 7.91. The van der Waals surface area contributed by atoms with Gasteiger partial charge in [-0.2, -0.15) is 0 Å². The fourth-order valence-electron chi connectivity index (χ4n) is 3.20. The van der Waals surface area contributed by atoms with Crippen LogP contribution in [0.1, 0.15) is 43.7 Å². The predicted molar refractivity (Wildman–Crippen MR) is 98.5 cm³/mol. The molecule has 134 valence electrons. The van der Waals surface area contributed by atoms with Crippen LogP contribution in [0.3, 0.4) is 0 Å². The molecule has 7 heteroatoms. The predicted octanol–water partition coefficient (Wildman–Crippen LogP) is 3.12. The van der Waals surface area contributed by atoms with Gasteiger partial charge >= 0.3 is 5.97 Å². The van der Waals surface area contributed by atoms with E-state index >= 15 is 0 Å². The van der Waals surface area contributed by atoms with Gasteiger partial charge in [-0.25, -0.2) is 4.98 Å². The van der Waals surface area contributed by atoms with Crippen LogP contribution in [0.15, 0.2) is 24.3 Å². The van der Waals surface area contributed by atoms with Crippen molar-refractivity contribution in [1.82, 2.24) is 15.3 Å². The highest BCUT2D eigenvalue weighted by molar-refractivity contribution is 8.00. The number of hydrogen-bond acceptors (Lipinski definition) is 4. The van der Waals surface area contributed by atoms with Crippen LogP contribution < -0.4 is 5.32 Å². The maximum Gasteiger partial charge on any atom is 0.306 e. The van der Waals surface area contributed by atoms with Gasteiger partial charge in [-0.05, 0) is 44.7 Å². The molecule has 0 saturated heterocycles. The molecule has 0 bridgehead atoms. The smallest absolute Gasteiger partial charge is 0.306 e. The summed E-state index contributed by atoms with van der Waals surface area (Å²) in [6.45, 7) is 2.04. The number of benzene rings is 1. The zero-order chi connectivity index (χ0) is 17.8. The molecule has 1 unspecified atom stereocenters. The van der Waals surface area contributed by atoms with Gasteiger partial charge in [-0.1, -0.05) is 12.1 Å². The summed E-state index contributed by atoms with van der Waals surface area (Å²) >= 11 is 1.55. The van der Waals surface area contributed by atoms with Crippen LogP contribution in [0.25, 0.3) is 11.0 Å². The van der Waals surface area contributed by atoms with E-state index in [1.165, 1.54) is 0 Å². The van der Waals surface area contributed by atoms with E-state index in [0.717, 1.165) is 29.7 Å². The molecular weight excluding hydrogens is 338 g/mol. The third-order valence-corrected chi connectivity index (χ3v) is 5.85. The normalized spacial score (nSPS) is 21.8. The number of H-pyrrole nitrogens is 1. The van der Waals surface area contributed by atoms with E-state index in [2.05, 4.69) is 15.3 Å². The number of hydrogen-bond donors (Lipinski definition) is 3. The number of thioether (sulfide) groups is 1. The number of carboxylic acid groups (broad SMARTS) is 1. The SMILES string of the molecule is CC(SCC(=O)NC1CCC(C(=O)O)CC1)c1nc2ccccc2[nH]1. The largest absolute Gasteiger partial charge is 0.481 e. The highest BCUT2D eigenvalue weighted by Gasteiger charge is 2.26. The first-order chi connectivity index (χ1) is 12.0. The molecule has 1 aliphatic carbocycles. The number of aromatic amines is 1. The lowest BCUT2D eigenvalue weighted by molar-refractivity contribution is -0.142. The van der Waals surface area contributed by atoms with Gasteiger partial charge in [0.25, 0.3) is 0 Å². The van der Waals surface area contributed by atoms with Gasteiger partial charge in [-0.3, -0.25) is 9.59 Å². The summed E-state index contributed by atoms with van der Waals surface area (Å²) in [7, 11) is 0. The highest BCUT2D eigenvalue weighted by Crippen LogP contribution is 2.28. The summed E-state index contributed by atoms with van der Waals surface area (Å²) in [5.41, 5.74) is 1.94. The summed E-state index contributed by atoms with van der Waals surface area (Å²) in [4.78, 5) is 31.0. The Hall–Kier alpha value is -2.02. The monoisotopic (exact) mass is 361 g/mol. The molecule has 6 nitrogen and oxygen atoms in total. The van der Waals surface area contributed by atoms with Crippen LogP contribution in [0.4, 0.5) is 0 Å². The van der Waals surface area contributed by atoms with E-state index in [0.29, 0.717) is 18.6 Å². The molecule has 2 aromatic rings. The topological polar surface area (TPSA) is 95.1 Å². The highest BCUT2D eigenvalue weighted by atomic mass is 32.2. The fourth-order valence-corrected chi connectivity index (χ4v) is 3.95. The maximum atomic E-state index is 12.2. The second-order valence-electron chi connectivity index (χ2n) is 6.55. The standard InChI is InChI=1S/C18H23N3O3S/c1-11(17-20-14-4-2-3-5-15(14)21-17)25-10-16(22)19-13-8-6-12(7-9-13)18(23)24/h2-5,11-13H,6-10H2,1H3,(H,19,22)(H,20,21)(H,23,24). The summed E-state index contributed by atoms with van der Waals surface area (Å²) < 4.78 is 0. The van der Waals surface area contributed by atoms with E-state index in [1.54, 1.807) is 11.8 Å². The third kappa shape index (κ3) is 4.54. The quantitative estimate of drug-likeness (QED) is 0.735. The van der Waals surface area contributed by atoms with E-state index < -0.39 is 5.97 Å². The molecule has 0 aliphatic heterocycles. The molecule has 1 saturated carbocycles. The Kier molecular flexibility index (Phi) is 5.63. The Labute approximate surface area is 150 Å². The maximum absolute atomic E-state index is 12.2. The van der Waals surface area contributed by atoms with Gasteiger partial charge in [0.05, 0.1) is 28.0 Å². The molecule has 1 aromatic carbocycles. The van der Waals surface area contributed by atoms with Crippen LogP contribution in [0.2, 0.25) is 0 Å². The second-order valence-corrected chi connectivity index (χ2v) is 7.88. The molecule has 1 heterocycles. The summed E-state index contributed by atoms with van der Waals surface area (Å²) in [5.74, 6) is 0.278. The van der Waals surface area contributed by atoms with Gasteiger partial charge in [0, 0.05) is 6.04 Å². The van der Waals surface area contributed by atoms with Gasteiger partial charge in [0.2, 0.25) is 5.91 Å². The third-order valence-electron chi connectivity index (χ3n) is 4.70. The van der Waals surface area contributed by atoms with Crippen molar-refractivity contribution in [3.63, 3.8) is 0 Å². The molecule has 0 radical (unpaired) electrons. The molecule has 0 spiro atoms. The van der Waals surface area contributed by atoms with Crippen LogP contribution >= 0.6 is 11.8 Å². The lowest BCUT2D eigenvalue weighted by Gasteiger charge is -2.26. The van der Waals surface area contributed by atoms with Crippen molar-refractivity contribution in [2.24, 2.45) is 5.92 Å². The number of nitrogens with one attached hydrogen (secondary N) is 2. The van der Waals surface area contributed by atoms with Crippen molar-refractivity contribution in [1.29, 1.82) is 0 Å². The lowest BCUT2D eigenvalue weighted by atomic mass is 9.86. The van der Waals surface area contributed by atoms with Crippen molar-refractivity contribution in [3.05, 3.63) is 30.1 Å². The minimum atomic E-state index is -0.722. The Morgan fingerprint density at radius 3 is 2.72 bits per heavy atom. The van der Waals surface area contributed by atoms with Crippen molar-refractivity contribution >= 4 is 34.7 Å². The molecule has 25 heavy (non-hydrogen) atoms. The van der Waals surface area contributed by atoms with Crippen molar-refractivity contribution in [2.45, 2.75) is 43.9 Å². The zero-order valence-corrected chi connectivity index (χ0v) is 15.0. The number of aromatic nitrogens is 2. The number of carboxylic acids is 1. The van der Waals surface area contributed by atoms with Crippen molar-refractivity contribution < 1.29 is 14.7 Å². The Balaban J connectivity index is 1.45. The Bertz CT molecular complexity index is 720. The summed E-state index contributed by atoms with van der Waals surface area (Å²) in [5, 5.41) is 12.1. The van der Waals surface area contributed by atoms with E-state index in [9.17, 15) is 9.59 Å². The van der Waals surface area contributed by atoms with Crippen molar-refractivity contribution in [3.8, 4) is 0 Å². The molecular formula is C18H23N3O3S. The molecule has 3 rings (SSSR count). The molecule has 1 fully saturated rings. The zero-order valence-electron chi connectivity index (χ0n) is 14.2. The van der Waals surface area contributed by atoms with Gasteiger partial charge in [0.1, 0.15) is 5.82 Å². The minimum absolute atomic E-state index is 0.00624. The molecule has 1 amide bonds. The first-order valence-corrected chi connectivity index (χ1v) is 9.66. The number of imidazole rings is 1. The van der Waals surface area contributed by atoms with Crippen LogP contribution in [-0.2, 0) is 9.59 Å². The molecule has 1 atom stereocenters. The minimum Gasteiger partial charge on any atom is -0.481 e. The van der Waals surface area contributed by atoms with Crippen molar-refractivity contribution in [2.75, 3.05) is 5.75 Å². The lowest BCUT2D eigenvalue weighted by Crippen LogP contribution is -2.39. The van der Waals surface area contributed by atoms with Crippen LogP contribution in [0, 0.1) is 5.92 Å². The average Bonchev–Trinajstić information content (AvgIpc) is 3.04. The Morgan fingerprint density at radius 2 is 2.04 bits per heavy atom. The Morgan fingerprint density at radius 1 is 1.32 bits per heavy atom. The molecule has 1 aliphatic rings. The summed E-state index contributed by atoms with van der Waals surface area (Å²) in [6, 6.07) is 7.98. The van der Waals surface area contributed by atoms with E-state index in [1.807, 2.05) is 31.2 Å². The van der Waals surface area contributed by atoms with E-state index in [4.69, 9.17) is 5.11 Å². The summed E-state index contributed by atoms with van der Waals surface area (Å²) in [6.07, 6.45) is 2.77. The first kappa shape index (κ1) is 17.8. The number of para-hydroxylation sites is 2. The number of carbonyl (C=O) groups excluding carboxylic acids is 1. The molecule has 1 aromatic heterocycles. The van der Waals surface area contributed by atoms with E-state index in [-0.39, 0.29) is 23.1 Å². The number of fused-ring (bicyclic) bond motifs is 1. The van der Waals surface area contributed by atoms with Gasteiger partial charge < -0.3 is 15.4 Å². The number of rotatable bonds is 6. The molecule has 3 N–H and O–H groups in total. The van der Waals surface area contributed by atoms with Crippen LogP contribution in [0.5, 0.6) is 0 Å². The number of nitrogens with zero attached hydrogens (tertiary/aromatic N) is 1. The fraction of sp³-hybridized carbons (Fsp3) is 0.500. The van der Waals surface area contributed by atoms with Crippen LogP contribution in [-0.4, -0.2) is 38.7 Å². The number of aliphatic carboxylic acids is 1.